The first kappa shape index (κ1) is 16.6. The maximum atomic E-state index is 6.04. The van der Waals surface area contributed by atoms with Crippen LogP contribution >= 0.6 is 0 Å². The summed E-state index contributed by atoms with van der Waals surface area (Å²) in [7, 11) is 2.14. The molecule has 1 spiro atoms. The number of fused-ring (bicyclic) bond motifs is 2. The van der Waals surface area contributed by atoms with Crippen molar-refractivity contribution in [1.82, 2.24) is 10.2 Å². The summed E-state index contributed by atoms with van der Waals surface area (Å²) in [6.07, 6.45) is 8.42. The van der Waals surface area contributed by atoms with E-state index in [4.69, 9.17) is 14.5 Å². The van der Waals surface area contributed by atoms with E-state index in [1.807, 2.05) is 0 Å². The molecular weight excluding hydrogens is 302 g/mol. The van der Waals surface area contributed by atoms with Gasteiger partial charge in [-0.25, -0.2) is 0 Å². The molecule has 136 valence electrons. The van der Waals surface area contributed by atoms with E-state index in [2.05, 4.69) is 24.2 Å². The van der Waals surface area contributed by atoms with Gasteiger partial charge in [0.05, 0.1) is 12.7 Å². The average molecular weight is 335 g/mol. The normalized spacial score (nSPS) is 33.8. The average Bonchev–Trinajstić information content (AvgIpc) is 3.26. The second kappa shape index (κ2) is 6.83. The lowest BCUT2D eigenvalue weighted by atomic mass is 9.46. The highest BCUT2D eigenvalue weighted by Gasteiger charge is 2.66. The molecule has 4 rings (SSSR count). The van der Waals surface area contributed by atoms with Gasteiger partial charge in [-0.2, -0.15) is 0 Å². The van der Waals surface area contributed by atoms with Crippen LogP contribution in [0.1, 0.15) is 45.4 Å². The van der Waals surface area contributed by atoms with Crippen LogP contribution in [0.2, 0.25) is 0 Å². The third-order valence-electron chi connectivity index (χ3n) is 6.61. The number of nitrogens with one attached hydrogen (secondary N) is 1. The molecule has 0 aromatic heterocycles. The molecule has 0 aromatic rings. The van der Waals surface area contributed by atoms with E-state index in [1.165, 1.54) is 38.5 Å². The Morgan fingerprint density at radius 2 is 2.17 bits per heavy atom. The first-order valence-corrected chi connectivity index (χ1v) is 9.96. The van der Waals surface area contributed by atoms with Crippen molar-refractivity contribution in [2.45, 2.75) is 57.6 Å². The van der Waals surface area contributed by atoms with Gasteiger partial charge in [0, 0.05) is 50.7 Å². The largest absolute Gasteiger partial charge is 0.379 e. The van der Waals surface area contributed by atoms with Gasteiger partial charge in [0.1, 0.15) is 0 Å². The fraction of sp³-hybridized carbons (Fsp3) is 0.947. The second-order valence-electron chi connectivity index (χ2n) is 8.19. The van der Waals surface area contributed by atoms with Crippen molar-refractivity contribution in [1.29, 1.82) is 0 Å². The van der Waals surface area contributed by atoms with Crippen LogP contribution in [0, 0.1) is 17.3 Å². The topological polar surface area (TPSA) is 46.1 Å². The number of likely N-dealkylation sites (N-methyl/N-ethyl adjacent to an activating group) is 1. The fourth-order valence-electron chi connectivity index (χ4n) is 4.86. The summed E-state index contributed by atoms with van der Waals surface area (Å²) >= 11 is 0. The Hall–Kier alpha value is -0.810. The Morgan fingerprint density at radius 1 is 1.33 bits per heavy atom. The van der Waals surface area contributed by atoms with Crippen molar-refractivity contribution in [3.05, 3.63) is 0 Å². The van der Waals surface area contributed by atoms with E-state index in [0.717, 1.165) is 44.8 Å². The SMILES string of the molecule is CCN=C(NC1C2CCOC2C12CCC2)N(C)CCOCC1CC1. The third kappa shape index (κ3) is 2.94. The van der Waals surface area contributed by atoms with Crippen LogP contribution in [0.4, 0.5) is 0 Å². The smallest absolute Gasteiger partial charge is 0.193 e. The first-order valence-electron chi connectivity index (χ1n) is 9.96. The molecular formula is C19H33N3O2. The van der Waals surface area contributed by atoms with Gasteiger partial charge in [-0.15, -0.1) is 0 Å². The standard InChI is InChI=1S/C19H33N3O2/c1-3-20-18(22(2)10-12-23-13-14-5-6-14)21-16-15-7-11-24-17(15)19(16)8-4-9-19/h14-17H,3-13H2,1-2H3,(H,20,21). The van der Waals surface area contributed by atoms with Crippen LogP contribution in [0.5, 0.6) is 0 Å². The maximum Gasteiger partial charge on any atom is 0.193 e. The summed E-state index contributed by atoms with van der Waals surface area (Å²) in [5, 5.41) is 3.82. The van der Waals surface area contributed by atoms with E-state index in [-0.39, 0.29) is 0 Å². The van der Waals surface area contributed by atoms with Crippen molar-refractivity contribution in [3.8, 4) is 0 Å². The number of hydrogen-bond donors (Lipinski definition) is 1. The van der Waals surface area contributed by atoms with Crippen LogP contribution in [-0.4, -0.2) is 63.0 Å². The van der Waals surface area contributed by atoms with Crippen LogP contribution in [-0.2, 0) is 9.47 Å². The zero-order valence-corrected chi connectivity index (χ0v) is 15.3. The minimum atomic E-state index is 0.402. The quantitative estimate of drug-likeness (QED) is 0.440. The predicted octanol–water partition coefficient (Wildman–Crippen LogP) is 2.27. The second-order valence-corrected chi connectivity index (χ2v) is 8.19. The lowest BCUT2D eigenvalue weighted by molar-refractivity contribution is -0.171. The van der Waals surface area contributed by atoms with Gasteiger partial charge in [0.15, 0.2) is 5.96 Å². The van der Waals surface area contributed by atoms with Crippen LogP contribution in [0.3, 0.4) is 0 Å². The molecule has 1 heterocycles. The van der Waals surface area contributed by atoms with Crippen LogP contribution in [0.15, 0.2) is 4.99 Å². The van der Waals surface area contributed by atoms with Gasteiger partial charge in [-0.1, -0.05) is 6.42 Å². The number of guanidine groups is 1. The minimum Gasteiger partial charge on any atom is -0.379 e. The van der Waals surface area contributed by atoms with E-state index in [0.29, 0.717) is 23.5 Å². The number of aliphatic imine (C=N–C) groups is 1. The monoisotopic (exact) mass is 335 g/mol. The molecule has 24 heavy (non-hydrogen) atoms. The van der Waals surface area contributed by atoms with Gasteiger partial charge < -0.3 is 19.7 Å². The highest BCUT2D eigenvalue weighted by Crippen LogP contribution is 2.62. The molecule has 0 radical (unpaired) electrons. The zero-order chi connectivity index (χ0) is 16.6. The molecule has 3 aliphatic carbocycles. The Morgan fingerprint density at radius 3 is 2.83 bits per heavy atom. The molecule has 0 bridgehead atoms. The number of nitrogens with zero attached hydrogens (tertiary/aromatic N) is 2. The highest BCUT2D eigenvalue weighted by molar-refractivity contribution is 5.80. The lowest BCUT2D eigenvalue weighted by Crippen LogP contribution is -2.72. The van der Waals surface area contributed by atoms with Crippen LogP contribution < -0.4 is 5.32 Å². The summed E-state index contributed by atoms with van der Waals surface area (Å²) in [6, 6.07) is 0.555. The summed E-state index contributed by atoms with van der Waals surface area (Å²) in [5.41, 5.74) is 0.402. The number of hydrogen-bond acceptors (Lipinski definition) is 3. The number of rotatable bonds is 7. The molecule has 5 nitrogen and oxygen atoms in total. The summed E-state index contributed by atoms with van der Waals surface area (Å²) < 4.78 is 11.8. The molecule has 4 aliphatic rings. The molecule has 0 amide bonds. The summed E-state index contributed by atoms with van der Waals surface area (Å²) in [6.45, 7) is 6.51. The van der Waals surface area contributed by atoms with Gasteiger partial charge >= 0.3 is 0 Å². The molecule has 0 aromatic carbocycles. The molecule has 1 saturated heterocycles. The Kier molecular flexibility index (Phi) is 4.74. The van der Waals surface area contributed by atoms with Crippen molar-refractivity contribution in [2.75, 3.05) is 40.0 Å². The van der Waals surface area contributed by atoms with E-state index < -0.39 is 0 Å². The zero-order valence-electron chi connectivity index (χ0n) is 15.3. The molecule has 3 atom stereocenters. The molecule has 3 unspecified atom stereocenters. The van der Waals surface area contributed by atoms with Crippen LogP contribution in [0.25, 0.3) is 0 Å². The maximum absolute atomic E-state index is 6.04. The summed E-state index contributed by atoms with van der Waals surface area (Å²) in [4.78, 5) is 6.99. The Labute approximate surface area is 146 Å². The lowest BCUT2D eigenvalue weighted by Gasteiger charge is -2.63. The van der Waals surface area contributed by atoms with Gasteiger partial charge in [0.2, 0.25) is 0 Å². The molecule has 5 heteroatoms. The highest BCUT2D eigenvalue weighted by atomic mass is 16.5. The van der Waals surface area contributed by atoms with E-state index >= 15 is 0 Å². The third-order valence-corrected chi connectivity index (χ3v) is 6.61. The summed E-state index contributed by atoms with van der Waals surface area (Å²) in [5.74, 6) is 2.57. The minimum absolute atomic E-state index is 0.402. The number of ether oxygens (including phenoxy) is 2. The van der Waals surface area contributed by atoms with Crippen molar-refractivity contribution in [3.63, 3.8) is 0 Å². The van der Waals surface area contributed by atoms with Gasteiger partial charge in [-0.3, -0.25) is 4.99 Å². The van der Waals surface area contributed by atoms with E-state index in [1.54, 1.807) is 0 Å². The first-order chi connectivity index (χ1) is 11.7. The Bertz CT molecular complexity index is 473. The van der Waals surface area contributed by atoms with Crippen molar-refractivity contribution in [2.24, 2.45) is 22.2 Å². The van der Waals surface area contributed by atoms with Gasteiger partial charge in [-0.05, 0) is 44.9 Å². The molecule has 1 N–H and O–H groups in total. The predicted molar refractivity (Wildman–Crippen MR) is 95.2 cm³/mol. The van der Waals surface area contributed by atoms with Gasteiger partial charge in [0.25, 0.3) is 0 Å². The molecule has 3 saturated carbocycles. The van der Waals surface area contributed by atoms with Crippen molar-refractivity contribution < 1.29 is 9.47 Å². The molecule has 1 aliphatic heterocycles. The van der Waals surface area contributed by atoms with Crippen molar-refractivity contribution >= 4 is 5.96 Å². The Balaban J connectivity index is 1.32. The van der Waals surface area contributed by atoms with E-state index in [9.17, 15) is 0 Å². The fourth-order valence-corrected chi connectivity index (χ4v) is 4.86. The molecule has 4 fully saturated rings.